The first-order chi connectivity index (χ1) is 8.97. The van der Waals surface area contributed by atoms with Crippen LogP contribution in [0.5, 0.6) is 0 Å². The van der Waals surface area contributed by atoms with Gasteiger partial charge < -0.3 is 20.4 Å². The minimum Gasteiger partial charge on any atom is -0.480 e. The number of aliphatic carboxylic acids is 1. The van der Waals surface area contributed by atoms with Crippen LogP contribution in [-0.4, -0.2) is 45.8 Å². The topological polar surface area (TPSA) is 89.9 Å². The van der Waals surface area contributed by atoms with E-state index in [1.165, 1.54) is 0 Å². The average molecular weight is 285 g/mol. The second kappa shape index (κ2) is 5.46. The quantitative estimate of drug-likeness (QED) is 0.765. The van der Waals surface area contributed by atoms with Crippen LogP contribution in [0.25, 0.3) is 0 Å². The van der Waals surface area contributed by atoms with Crippen LogP contribution in [0, 0.1) is 0 Å². The molecule has 102 valence electrons. The minimum absolute atomic E-state index is 0.0103. The van der Waals surface area contributed by atoms with Crippen molar-refractivity contribution in [2.24, 2.45) is 0 Å². The van der Waals surface area contributed by atoms with Gasteiger partial charge in [-0.15, -0.1) is 0 Å². The number of carboxylic acids is 1. The van der Waals surface area contributed by atoms with Gasteiger partial charge >= 0.3 is 12.0 Å². The van der Waals surface area contributed by atoms with Crippen molar-refractivity contribution < 1.29 is 19.8 Å². The highest BCUT2D eigenvalue weighted by atomic mass is 35.5. The minimum atomic E-state index is -1.12. The van der Waals surface area contributed by atoms with Gasteiger partial charge in [0.2, 0.25) is 0 Å². The number of aliphatic hydroxyl groups is 1. The van der Waals surface area contributed by atoms with E-state index in [0.717, 1.165) is 4.90 Å². The van der Waals surface area contributed by atoms with Crippen molar-refractivity contribution in [3.8, 4) is 0 Å². The summed E-state index contributed by atoms with van der Waals surface area (Å²) < 4.78 is 0. The van der Waals surface area contributed by atoms with Gasteiger partial charge in [0.1, 0.15) is 6.04 Å². The second-order valence-corrected chi connectivity index (χ2v) is 4.77. The fourth-order valence-corrected chi connectivity index (χ4v) is 2.13. The van der Waals surface area contributed by atoms with Crippen LogP contribution in [-0.2, 0) is 4.79 Å². The molecular formula is C12H13ClN2O4. The van der Waals surface area contributed by atoms with E-state index in [-0.39, 0.29) is 13.0 Å². The van der Waals surface area contributed by atoms with E-state index in [1.807, 2.05) is 0 Å². The normalized spacial score (nSPS) is 22.3. The van der Waals surface area contributed by atoms with Crippen LogP contribution in [0.3, 0.4) is 0 Å². The van der Waals surface area contributed by atoms with Gasteiger partial charge in [-0.2, -0.15) is 0 Å². The van der Waals surface area contributed by atoms with E-state index in [2.05, 4.69) is 5.32 Å². The Hall–Kier alpha value is -1.79. The molecule has 1 fully saturated rings. The van der Waals surface area contributed by atoms with E-state index in [9.17, 15) is 14.7 Å². The smallest absolute Gasteiger partial charge is 0.326 e. The molecule has 0 saturated carbocycles. The molecule has 2 amide bonds. The van der Waals surface area contributed by atoms with E-state index < -0.39 is 24.1 Å². The largest absolute Gasteiger partial charge is 0.480 e. The molecule has 2 rings (SSSR count). The molecule has 7 heteroatoms. The Labute approximate surface area is 114 Å². The standard InChI is InChI=1S/C12H13ClN2O4/c13-7-1-3-8(4-2-7)14-12(19)15-6-9(16)5-10(15)11(17)18/h1-4,9-10,16H,5-6H2,(H,14,19)(H,17,18)/t9-,10-/m0/s1. The number of aliphatic hydroxyl groups excluding tert-OH is 1. The zero-order valence-corrected chi connectivity index (χ0v) is 10.7. The van der Waals surface area contributed by atoms with Crippen molar-refractivity contribution in [1.29, 1.82) is 0 Å². The lowest BCUT2D eigenvalue weighted by molar-refractivity contribution is -0.141. The zero-order valence-electron chi connectivity index (χ0n) is 9.91. The van der Waals surface area contributed by atoms with Crippen LogP contribution in [0.4, 0.5) is 10.5 Å². The molecule has 1 aliphatic heterocycles. The summed E-state index contributed by atoms with van der Waals surface area (Å²) in [5, 5.41) is 21.6. The van der Waals surface area contributed by atoms with Crippen LogP contribution < -0.4 is 5.32 Å². The van der Waals surface area contributed by atoms with Gasteiger partial charge in [-0.3, -0.25) is 0 Å². The predicted molar refractivity (Wildman–Crippen MR) is 69.2 cm³/mol. The number of nitrogens with one attached hydrogen (secondary N) is 1. The van der Waals surface area contributed by atoms with Crippen molar-refractivity contribution in [1.82, 2.24) is 4.90 Å². The molecule has 19 heavy (non-hydrogen) atoms. The molecule has 0 spiro atoms. The van der Waals surface area contributed by atoms with Crippen molar-refractivity contribution >= 4 is 29.3 Å². The number of anilines is 1. The summed E-state index contributed by atoms with van der Waals surface area (Å²) in [7, 11) is 0. The maximum atomic E-state index is 12.0. The highest BCUT2D eigenvalue weighted by Gasteiger charge is 2.38. The van der Waals surface area contributed by atoms with Crippen LogP contribution >= 0.6 is 11.6 Å². The monoisotopic (exact) mass is 284 g/mol. The van der Waals surface area contributed by atoms with E-state index in [4.69, 9.17) is 16.7 Å². The molecule has 0 radical (unpaired) electrons. The Morgan fingerprint density at radius 3 is 2.53 bits per heavy atom. The molecule has 0 aromatic heterocycles. The lowest BCUT2D eigenvalue weighted by Gasteiger charge is -2.21. The Kier molecular flexibility index (Phi) is 3.92. The number of hydrogen-bond acceptors (Lipinski definition) is 3. The third-order valence-corrected chi connectivity index (χ3v) is 3.17. The summed E-state index contributed by atoms with van der Waals surface area (Å²) in [4.78, 5) is 24.1. The number of rotatable bonds is 2. The van der Waals surface area contributed by atoms with E-state index in [1.54, 1.807) is 24.3 Å². The van der Waals surface area contributed by atoms with Gasteiger partial charge in [-0.1, -0.05) is 11.6 Å². The maximum Gasteiger partial charge on any atom is 0.326 e. The van der Waals surface area contributed by atoms with Gasteiger partial charge in [0.15, 0.2) is 0 Å². The Morgan fingerprint density at radius 1 is 1.32 bits per heavy atom. The Bertz CT molecular complexity index is 491. The first kappa shape index (κ1) is 13.6. The molecule has 3 N–H and O–H groups in total. The number of halogens is 1. The molecule has 0 unspecified atom stereocenters. The number of nitrogens with zero attached hydrogens (tertiary/aromatic N) is 1. The summed E-state index contributed by atoms with van der Waals surface area (Å²) in [5.74, 6) is -1.12. The molecular weight excluding hydrogens is 272 g/mol. The zero-order chi connectivity index (χ0) is 14.0. The number of carbonyl (C=O) groups is 2. The number of benzene rings is 1. The molecule has 0 bridgehead atoms. The Balaban J connectivity index is 2.06. The lowest BCUT2D eigenvalue weighted by atomic mass is 10.2. The SMILES string of the molecule is O=C(O)[C@@H]1C[C@H](O)CN1C(=O)Nc1ccc(Cl)cc1. The van der Waals surface area contributed by atoms with Crippen LogP contribution in [0.2, 0.25) is 5.02 Å². The average Bonchev–Trinajstić information content (AvgIpc) is 2.74. The maximum absolute atomic E-state index is 12.0. The Morgan fingerprint density at radius 2 is 1.95 bits per heavy atom. The highest BCUT2D eigenvalue weighted by Crippen LogP contribution is 2.20. The van der Waals surface area contributed by atoms with Crippen molar-refractivity contribution in [3.05, 3.63) is 29.3 Å². The van der Waals surface area contributed by atoms with Gasteiger partial charge in [0.05, 0.1) is 6.10 Å². The molecule has 1 aromatic rings. The molecule has 1 aromatic carbocycles. The molecule has 0 aliphatic carbocycles. The molecule has 1 heterocycles. The third kappa shape index (κ3) is 3.15. The third-order valence-electron chi connectivity index (χ3n) is 2.92. The molecule has 2 atom stereocenters. The number of amides is 2. The number of carbonyl (C=O) groups excluding carboxylic acids is 1. The van der Waals surface area contributed by atoms with E-state index >= 15 is 0 Å². The first-order valence-electron chi connectivity index (χ1n) is 5.71. The number of carboxylic acid groups (broad SMARTS) is 1. The number of hydrogen-bond donors (Lipinski definition) is 3. The number of urea groups is 1. The fourth-order valence-electron chi connectivity index (χ4n) is 2.00. The molecule has 1 saturated heterocycles. The number of likely N-dealkylation sites (tertiary alicyclic amines) is 1. The van der Waals surface area contributed by atoms with Crippen molar-refractivity contribution in [3.63, 3.8) is 0 Å². The number of β-amino-alcohol motifs (C(OH)–C–C–N with tert-alkyl or cyclic N) is 1. The summed E-state index contributed by atoms with van der Waals surface area (Å²) in [6.07, 6.45) is -0.763. The van der Waals surface area contributed by atoms with Crippen LogP contribution in [0.1, 0.15) is 6.42 Å². The fraction of sp³-hybridized carbons (Fsp3) is 0.333. The second-order valence-electron chi connectivity index (χ2n) is 4.33. The van der Waals surface area contributed by atoms with Crippen LogP contribution in [0.15, 0.2) is 24.3 Å². The summed E-state index contributed by atoms with van der Waals surface area (Å²) in [6, 6.07) is 4.91. The summed E-state index contributed by atoms with van der Waals surface area (Å²) in [6.45, 7) is 0.0103. The van der Waals surface area contributed by atoms with Gasteiger partial charge in [0.25, 0.3) is 0 Å². The van der Waals surface area contributed by atoms with Gasteiger partial charge in [-0.05, 0) is 24.3 Å². The summed E-state index contributed by atoms with van der Waals surface area (Å²) in [5.41, 5.74) is 0.514. The van der Waals surface area contributed by atoms with E-state index in [0.29, 0.717) is 10.7 Å². The van der Waals surface area contributed by atoms with Crippen molar-refractivity contribution in [2.75, 3.05) is 11.9 Å². The molecule has 1 aliphatic rings. The predicted octanol–water partition coefficient (Wildman–Crippen LogP) is 1.39. The lowest BCUT2D eigenvalue weighted by Crippen LogP contribution is -2.43. The molecule has 6 nitrogen and oxygen atoms in total. The van der Waals surface area contributed by atoms with Crippen molar-refractivity contribution in [2.45, 2.75) is 18.6 Å². The van der Waals surface area contributed by atoms with Gasteiger partial charge in [-0.25, -0.2) is 9.59 Å². The highest BCUT2D eigenvalue weighted by molar-refractivity contribution is 6.30. The van der Waals surface area contributed by atoms with Gasteiger partial charge in [0, 0.05) is 23.7 Å². The first-order valence-corrected chi connectivity index (χ1v) is 6.09. The summed E-state index contributed by atoms with van der Waals surface area (Å²) >= 11 is 5.73.